The third-order valence-corrected chi connectivity index (χ3v) is 2.26. The summed E-state index contributed by atoms with van der Waals surface area (Å²) in [7, 11) is 0. The summed E-state index contributed by atoms with van der Waals surface area (Å²) in [5, 5.41) is 3.52. The average Bonchev–Trinajstić information content (AvgIpc) is 2.40. The summed E-state index contributed by atoms with van der Waals surface area (Å²) in [5.74, 6) is 0.0321. The zero-order chi connectivity index (χ0) is 14.1. The van der Waals surface area contributed by atoms with Crippen molar-refractivity contribution >= 4 is 34.9 Å². The fraction of sp³-hybridized carbons (Fsp3) is 0. The summed E-state index contributed by atoms with van der Waals surface area (Å²) in [4.78, 5) is 18.2. The monoisotopic (exact) mass is 318 g/mol. The van der Waals surface area contributed by atoms with Crippen LogP contribution in [0.15, 0.2) is 42.7 Å². The molecule has 1 N–H and O–H groups in total. The third kappa shape index (κ3) is 8.40. The van der Waals surface area contributed by atoms with Gasteiger partial charge >= 0.3 is 29.6 Å². The predicted molar refractivity (Wildman–Crippen MR) is 76.8 cm³/mol. The van der Waals surface area contributed by atoms with Gasteiger partial charge in [-0.25, -0.2) is 9.97 Å². The van der Waals surface area contributed by atoms with Crippen LogP contribution in [0.1, 0.15) is 0 Å². The van der Waals surface area contributed by atoms with Gasteiger partial charge in [-0.05, 0) is 12.1 Å². The van der Waals surface area contributed by atoms with E-state index in [1.54, 1.807) is 0 Å². The Kier molecular flexibility index (Phi) is 10.5. The number of benzene rings is 1. The van der Waals surface area contributed by atoms with E-state index in [2.05, 4.69) is 22.2 Å². The molecular weight excluding hydrogens is 308 g/mol. The van der Waals surface area contributed by atoms with Gasteiger partial charge < -0.3 is 23.5 Å². The zero-order valence-corrected chi connectivity index (χ0v) is 14.4. The van der Waals surface area contributed by atoms with Gasteiger partial charge in [0.25, 0.3) is 0 Å². The van der Waals surface area contributed by atoms with Crippen molar-refractivity contribution in [3.05, 3.63) is 66.2 Å². The molecule has 0 aliphatic heterocycles. The molecule has 0 aliphatic rings. The van der Waals surface area contributed by atoms with Crippen LogP contribution in [0.2, 0.25) is 10.2 Å². The van der Waals surface area contributed by atoms with E-state index < -0.39 is 0 Å². The summed E-state index contributed by atoms with van der Waals surface area (Å²) < 4.78 is 0. The molecule has 1 aromatic heterocycles. The van der Waals surface area contributed by atoms with Crippen molar-refractivity contribution in [3.8, 4) is 0 Å². The largest absolute Gasteiger partial charge is 1.00 e. The molecule has 0 fully saturated rings. The molecule has 0 atom stereocenters. The van der Waals surface area contributed by atoms with Crippen molar-refractivity contribution in [1.82, 2.24) is 9.97 Å². The van der Waals surface area contributed by atoms with E-state index in [1.165, 1.54) is 12.4 Å². The molecule has 0 radical (unpaired) electrons. The molecule has 1 aromatic carbocycles. The number of carbonyl (C=O) groups excluding carboxylic acids is 1. The van der Waals surface area contributed by atoms with Crippen LogP contribution in [-0.4, -0.2) is 15.9 Å². The van der Waals surface area contributed by atoms with E-state index in [0.717, 1.165) is 11.4 Å². The molecule has 0 spiro atoms. The van der Waals surface area contributed by atoms with Gasteiger partial charge in [-0.15, -0.1) is 0 Å². The molecule has 2 rings (SSSR count). The summed E-state index contributed by atoms with van der Waals surface area (Å²) in [6.07, 6.45) is 2.41. The minimum Gasteiger partial charge on any atom is -0.491 e. The molecule has 2 aromatic rings. The van der Waals surface area contributed by atoms with Crippen LogP contribution in [0.5, 0.6) is 0 Å². The maximum atomic E-state index is 10.8. The van der Waals surface area contributed by atoms with Crippen LogP contribution in [0.4, 0.5) is 5.82 Å². The second-order valence-electron chi connectivity index (χ2n) is 3.21. The first-order chi connectivity index (χ1) is 9.11. The molecule has 0 saturated heterocycles. The van der Waals surface area contributed by atoms with E-state index in [-0.39, 0.29) is 40.6 Å². The Morgan fingerprint density at radius 1 is 1.20 bits per heavy atom. The topological polar surface area (TPSA) is 54.9 Å². The molecule has 100 valence electrons. The van der Waals surface area contributed by atoms with Gasteiger partial charge in [0.05, 0.1) is 5.91 Å². The number of halogens is 2. The van der Waals surface area contributed by atoms with Crippen molar-refractivity contribution < 1.29 is 34.4 Å². The van der Waals surface area contributed by atoms with E-state index in [0.29, 0.717) is 5.82 Å². The van der Waals surface area contributed by atoms with Crippen LogP contribution < -0.4 is 34.9 Å². The number of nitrogens with one attached hydrogen (secondary N) is 1. The van der Waals surface area contributed by atoms with Crippen LogP contribution in [0.3, 0.4) is 0 Å². The minimum absolute atomic E-state index is 0. The minimum atomic E-state index is -0.329. The number of hydrogen-bond donors (Lipinski definition) is 1. The van der Waals surface area contributed by atoms with Gasteiger partial charge in [0, 0.05) is 11.1 Å². The maximum Gasteiger partial charge on any atom is 1.00 e. The molecule has 4 nitrogen and oxygen atoms in total. The van der Waals surface area contributed by atoms with Crippen molar-refractivity contribution in [2.45, 2.75) is 0 Å². The Balaban J connectivity index is 0.000000387. The van der Waals surface area contributed by atoms with Gasteiger partial charge in [-0.2, -0.15) is 0 Å². The molecule has 0 saturated carbocycles. The Labute approximate surface area is 150 Å². The fourth-order valence-corrected chi connectivity index (χ4v) is 1.29. The van der Waals surface area contributed by atoms with Crippen molar-refractivity contribution in [2.24, 2.45) is 0 Å². The zero-order valence-electron chi connectivity index (χ0n) is 10.9. The average molecular weight is 319 g/mol. The van der Waals surface area contributed by atoms with E-state index >= 15 is 0 Å². The van der Waals surface area contributed by atoms with Crippen LogP contribution in [0, 0.1) is 13.3 Å². The summed E-state index contributed by atoms with van der Waals surface area (Å²) in [6, 6.07) is 10.9. The molecule has 0 bridgehead atoms. The molecule has 1 heterocycles. The summed E-state index contributed by atoms with van der Waals surface area (Å²) in [5.41, 5.74) is 0. The quantitative estimate of drug-likeness (QED) is 0.497. The molecule has 0 unspecified atom stereocenters. The number of nitrogens with zero attached hydrogens (tertiary/aromatic N) is 2. The van der Waals surface area contributed by atoms with Gasteiger partial charge in [0.2, 0.25) is 0 Å². The van der Waals surface area contributed by atoms with E-state index in [1.807, 2.05) is 30.3 Å². The van der Waals surface area contributed by atoms with E-state index in [4.69, 9.17) is 23.2 Å². The smallest absolute Gasteiger partial charge is 0.491 e. The molecule has 0 aliphatic carbocycles. The predicted octanol–water partition coefficient (Wildman–Crippen LogP) is 0.451. The second kappa shape index (κ2) is 10.9. The number of carbonyl (C=O) groups is 1. The Morgan fingerprint density at radius 3 is 2.30 bits per heavy atom. The number of amides is 1. The van der Waals surface area contributed by atoms with Crippen molar-refractivity contribution in [2.75, 3.05) is 5.32 Å². The van der Waals surface area contributed by atoms with E-state index in [9.17, 15) is 4.79 Å². The van der Waals surface area contributed by atoms with Gasteiger partial charge in [-0.3, -0.25) is 0 Å². The molecule has 20 heavy (non-hydrogen) atoms. The molecule has 7 heteroatoms. The number of hydrogen-bond acceptors (Lipinski definition) is 3. The Bertz CT molecular complexity index is 526. The van der Waals surface area contributed by atoms with Crippen LogP contribution >= 0.6 is 23.2 Å². The first-order valence-electron chi connectivity index (χ1n) is 5.23. The first-order valence-corrected chi connectivity index (χ1v) is 5.99. The molecular formula is C13H11Cl2N3NaO-. The second-order valence-corrected chi connectivity index (χ2v) is 4.04. The third-order valence-electron chi connectivity index (χ3n) is 1.80. The van der Waals surface area contributed by atoms with Crippen molar-refractivity contribution in [1.29, 1.82) is 0 Å². The van der Waals surface area contributed by atoms with Crippen LogP contribution in [-0.2, 0) is 4.79 Å². The Hall–Kier alpha value is -0.780. The first kappa shape index (κ1) is 19.2. The van der Waals surface area contributed by atoms with Gasteiger partial charge in [0.1, 0.15) is 17.3 Å². The van der Waals surface area contributed by atoms with Crippen LogP contribution in [0.25, 0.3) is 0 Å². The number of anilines is 1. The van der Waals surface area contributed by atoms with Crippen molar-refractivity contribution in [3.63, 3.8) is 0 Å². The summed E-state index contributed by atoms with van der Waals surface area (Å²) in [6.45, 7) is 3.29. The Morgan fingerprint density at radius 2 is 1.85 bits per heavy atom. The maximum absolute atomic E-state index is 10.8. The number of rotatable bonds is 2. The normalized spacial score (nSPS) is 8.55. The fourth-order valence-electron chi connectivity index (χ4n) is 0.994. The molecule has 1 amide bonds. The van der Waals surface area contributed by atoms with Gasteiger partial charge in [-0.1, -0.05) is 41.4 Å². The SMILES string of the molecule is Clc1ccccc1.[CH2-][CH-]C(=O)Nc1cc(Cl)ncn1.[Na+]. The summed E-state index contributed by atoms with van der Waals surface area (Å²) >= 11 is 11.1. The standard InChI is InChI=1S/C7H6ClN3O.C6H5Cl.Na/c1-2-7(12)11-6-3-5(8)9-4-10-6;7-6-4-2-1-3-5-6;/h2-4H,1H2,(H,9,10,11,12);1-5H;/q-2;;+1. The van der Waals surface area contributed by atoms with Gasteiger partial charge in [0.15, 0.2) is 0 Å². The number of aromatic nitrogens is 2.